The number of aliphatic hydroxyl groups is 1. The molecule has 0 bridgehead atoms. The summed E-state index contributed by atoms with van der Waals surface area (Å²) >= 11 is 0. The molecule has 3 heterocycles. The number of amides is 1. The highest BCUT2D eigenvalue weighted by Gasteiger charge is 2.25. The molecular formula is C14H19N5O2. The number of nitrogens with zero attached hydrogens (tertiary/aromatic N) is 3. The second-order valence-corrected chi connectivity index (χ2v) is 5.51. The Hall–Kier alpha value is -1.99. The topological polar surface area (TPSA) is 92.1 Å². The van der Waals surface area contributed by atoms with E-state index >= 15 is 0 Å². The lowest BCUT2D eigenvalue weighted by atomic mass is 10.1. The summed E-state index contributed by atoms with van der Waals surface area (Å²) in [5.74, 6) is -0.0983. The first-order chi connectivity index (χ1) is 10.1. The predicted molar refractivity (Wildman–Crippen MR) is 77.9 cm³/mol. The third kappa shape index (κ3) is 2.62. The van der Waals surface area contributed by atoms with Gasteiger partial charge in [0.05, 0.1) is 23.3 Å². The Bertz CT molecular complexity index is 681. The molecule has 2 aromatic rings. The highest BCUT2D eigenvalue weighted by atomic mass is 16.3. The zero-order valence-electron chi connectivity index (χ0n) is 12.1. The molecule has 0 saturated carbocycles. The Labute approximate surface area is 122 Å². The fraction of sp³-hybridized carbons (Fsp3) is 0.500. The van der Waals surface area contributed by atoms with Crippen molar-refractivity contribution < 1.29 is 9.90 Å². The minimum atomic E-state index is -0.400. The number of nitrogens with one attached hydrogen (secondary N) is 2. The zero-order chi connectivity index (χ0) is 15.0. The van der Waals surface area contributed by atoms with Gasteiger partial charge in [0.2, 0.25) is 0 Å². The van der Waals surface area contributed by atoms with Gasteiger partial charge in [-0.15, -0.1) is 0 Å². The van der Waals surface area contributed by atoms with E-state index in [9.17, 15) is 9.90 Å². The van der Waals surface area contributed by atoms with Gasteiger partial charge in [0.25, 0.3) is 5.91 Å². The van der Waals surface area contributed by atoms with Crippen molar-refractivity contribution >= 4 is 16.9 Å². The van der Waals surface area contributed by atoms with Crippen LogP contribution in [0.3, 0.4) is 0 Å². The first kappa shape index (κ1) is 14.0. The molecule has 7 heteroatoms. The summed E-state index contributed by atoms with van der Waals surface area (Å²) in [4.78, 5) is 16.8. The molecule has 2 atom stereocenters. The van der Waals surface area contributed by atoms with Crippen molar-refractivity contribution in [2.24, 2.45) is 13.0 Å². The van der Waals surface area contributed by atoms with E-state index in [-0.39, 0.29) is 11.8 Å². The minimum absolute atomic E-state index is 0.0567. The van der Waals surface area contributed by atoms with Crippen LogP contribution in [-0.2, 0) is 7.05 Å². The highest BCUT2D eigenvalue weighted by molar-refractivity contribution is 6.05. The molecule has 1 aliphatic rings. The van der Waals surface area contributed by atoms with Gasteiger partial charge in [-0.1, -0.05) is 0 Å². The first-order valence-corrected chi connectivity index (χ1v) is 7.02. The van der Waals surface area contributed by atoms with E-state index in [1.807, 2.05) is 6.92 Å². The minimum Gasteiger partial charge on any atom is -0.391 e. The number of aromatic nitrogens is 3. The number of rotatable bonds is 3. The maximum atomic E-state index is 12.4. The Morgan fingerprint density at radius 1 is 1.57 bits per heavy atom. The van der Waals surface area contributed by atoms with Gasteiger partial charge in [-0.2, -0.15) is 5.10 Å². The lowest BCUT2D eigenvalue weighted by Gasteiger charge is -2.14. The highest BCUT2D eigenvalue weighted by Crippen LogP contribution is 2.17. The third-order valence-electron chi connectivity index (χ3n) is 3.91. The van der Waals surface area contributed by atoms with Crippen LogP contribution in [0.25, 0.3) is 11.0 Å². The van der Waals surface area contributed by atoms with Crippen molar-refractivity contribution in [3.8, 4) is 0 Å². The molecule has 1 saturated heterocycles. The maximum Gasteiger partial charge on any atom is 0.252 e. The number of fused-ring (bicyclic) bond motifs is 1. The van der Waals surface area contributed by atoms with Crippen LogP contribution < -0.4 is 10.6 Å². The lowest BCUT2D eigenvalue weighted by Crippen LogP contribution is -2.34. The second kappa shape index (κ2) is 5.42. The van der Waals surface area contributed by atoms with Crippen LogP contribution in [0.15, 0.2) is 12.3 Å². The van der Waals surface area contributed by atoms with E-state index in [0.29, 0.717) is 24.3 Å². The molecule has 0 aromatic carbocycles. The summed E-state index contributed by atoms with van der Waals surface area (Å²) in [5, 5.41) is 20.6. The monoisotopic (exact) mass is 289 g/mol. The van der Waals surface area contributed by atoms with Gasteiger partial charge in [-0.25, -0.2) is 4.98 Å². The average molecular weight is 289 g/mol. The predicted octanol–water partition coefficient (Wildman–Crippen LogP) is -0.413. The maximum absolute atomic E-state index is 12.4. The number of pyridine rings is 1. The molecule has 0 spiro atoms. The van der Waals surface area contributed by atoms with Crippen molar-refractivity contribution in [2.75, 3.05) is 19.6 Å². The van der Waals surface area contributed by atoms with Crippen LogP contribution in [0, 0.1) is 12.8 Å². The van der Waals surface area contributed by atoms with Crippen LogP contribution in [-0.4, -0.2) is 51.5 Å². The fourth-order valence-electron chi connectivity index (χ4n) is 2.67. The van der Waals surface area contributed by atoms with Crippen LogP contribution in [0.2, 0.25) is 0 Å². The zero-order valence-corrected chi connectivity index (χ0v) is 12.1. The molecule has 0 aliphatic carbocycles. The van der Waals surface area contributed by atoms with E-state index in [1.165, 1.54) is 0 Å². The molecule has 1 aliphatic heterocycles. The number of hydrogen-bond acceptors (Lipinski definition) is 5. The van der Waals surface area contributed by atoms with Gasteiger partial charge in [-0.3, -0.25) is 9.48 Å². The molecule has 0 radical (unpaired) electrons. The molecule has 21 heavy (non-hydrogen) atoms. The summed E-state index contributed by atoms with van der Waals surface area (Å²) in [7, 11) is 1.80. The first-order valence-electron chi connectivity index (χ1n) is 7.02. The van der Waals surface area contributed by atoms with Crippen molar-refractivity contribution in [1.29, 1.82) is 0 Å². The van der Waals surface area contributed by atoms with Crippen molar-refractivity contribution in [3.05, 3.63) is 23.5 Å². The molecular weight excluding hydrogens is 270 g/mol. The lowest BCUT2D eigenvalue weighted by molar-refractivity contribution is 0.0928. The molecule has 2 unspecified atom stereocenters. The summed E-state index contributed by atoms with van der Waals surface area (Å²) in [6.45, 7) is 3.62. The van der Waals surface area contributed by atoms with E-state index in [2.05, 4.69) is 20.7 Å². The van der Waals surface area contributed by atoms with Crippen molar-refractivity contribution in [3.63, 3.8) is 0 Å². The van der Waals surface area contributed by atoms with Crippen LogP contribution >= 0.6 is 0 Å². The Balaban J connectivity index is 1.81. The van der Waals surface area contributed by atoms with E-state index in [1.54, 1.807) is 24.0 Å². The number of carbonyl (C=O) groups is 1. The van der Waals surface area contributed by atoms with Gasteiger partial charge >= 0.3 is 0 Å². The molecule has 112 valence electrons. The summed E-state index contributed by atoms with van der Waals surface area (Å²) in [6, 6.07) is 1.77. The van der Waals surface area contributed by atoms with E-state index in [0.717, 1.165) is 17.6 Å². The number of aliphatic hydroxyl groups excluding tert-OH is 1. The summed E-state index contributed by atoms with van der Waals surface area (Å²) in [5.41, 5.74) is 2.05. The van der Waals surface area contributed by atoms with Gasteiger partial charge in [0, 0.05) is 38.3 Å². The van der Waals surface area contributed by atoms with E-state index in [4.69, 9.17) is 0 Å². The Morgan fingerprint density at radius 2 is 2.38 bits per heavy atom. The van der Waals surface area contributed by atoms with Gasteiger partial charge < -0.3 is 15.7 Å². The molecule has 2 aromatic heterocycles. The molecule has 1 amide bonds. The SMILES string of the molecule is Cc1cc(C(=O)NCC2CNCC2O)c2cnn(C)c2n1. The largest absolute Gasteiger partial charge is 0.391 e. The molecule has 1 fully saturated rings. The third-order valence-corrected chi connectivity index (χ3v) is 3.91. The van der Waals surface area contributed by atoms with E-state index < -0.39 is 6.10 Å². The summed E-state index contributed by atoms with van der Waals surface area (Å²) in [6.07, 6.45) is 1.26. The number of aryl methyl sites for hydroxylation is 2. The second-order valence-electron chi connectivity index (χ2n) is 5.51. The number of hydrogen-bond donors (Lipinski definition) is 3. The number of carbonyl (C=O) groups excluding carboxylic acids is 1. The average Bonchev–Trinajstić information content (AvgIpc) is 3.02. The molecule has 7 nitrogen and oxygen atoms in total. The fourth-order valence-corrected chi connectivity index (χ4v) is 2.67. The van der Waals surface area contributed by atoms with Crippen molar-refractivity contribution in [2.45, 2.75) is 13.0 Å². The number of β-amino-alcohol motifs (C(OH)–C–C–N with tert-alkyl or cyclic N) is 1. The van der Waals surface area contributed by atoms with Gasteiger partial charge in [-0.05, 0) is 13.0 Å². The van der Waals surface area contributed by atoms with Crippen LogP contribution in [0.1, 0.15) is 16.1 Å². The standard InChI is InChI=1S/C14H19N5O2/c1-8-3-10(11-6-17-19(2)13(11)18-8)14(21)16-5-9-4-15-7-12(9)20/h3,6,9,12,15,20H,4-5,7H2,1-2H3,(H,16,21). The Kier molecular flexibility index (Phi) is 3.60. The molecule has 3 N–H and O–H groups in total. The Morgan fingerprint density at radius 3 is 3.10 bits per heavy atom. The normalized spacial score (nSPS) is 21.9. The smallest absolute Gasteiger partial charge is 0.252 e. The van der Waals surface area contributed by atoms with Gasteiger partial charge in [0.1, 0.15) is 0 Å². The van der Waals surface area contributed by atoms with Gasteiger partial charge in [0.15, 0.2) is 5.65 Å². The van der Waals surface area contributed by atoms with Crippen molar-refractivity contribution in [1.82, 2.24) is 25.4 Å². The molecule has 3 rings (SSSR count). The quantitative estimate of drug-likeness (QED) is 0.714. The van der Waals surface area contributed by atoms with Crippen LogP contribution in [0.5, 0.6) is 0 Å². The summed E-state index contributed by atoms with van der Waals surface area (Å²) < 4.78 is 1.66. The van der Waals surface area contributed by atoms with Crippen LogP contribution in [0.4, 0.5) is 0 Å².